The summed E-state index contributed by atoms with van der Waals surface area (Å²) in [5.74, 6) is -0.0446. The normalized spacial score (nSPS) is 24.4. The Balaban J connectivity index is 2.05. The molecule has 5 heteroatoms. The van der Waals surface area contributed by atoms with Crippen LogP contribution in [0, 0.1) is 11.7 Å². The molecule has 3 nitrogen and oxygen atoms in total. The minimum Gasteiger partial charge on any atom is -0.393 e. The summed E-state index contributed by atoms with van der Waals surface area (Å²) in [5.41, 5.74) is 6.67. The van der Waals surface area contributed by atoms with Crippen LogP contribution in [0.1, 0.15) is 24.5 Å². The SMILES string of the molecule is CC1CN(Cc2ccc(C(N)=S)cc2F)CCC1O. The van der Waals surface area contributed by atoms with E-state index in [-0.39, 0.29) is 22.8 Å². The molecule has 0 amide bonds. The van der Waals surface area contributed by atoms with Gasteiger partial charge in [-0.2, -0.15) is 0 Å². The molecule has 0 saturated carbocycles. The number of aliphatic hydroxyl groups is 1. The predicted octanol–water partition coefficient (Wildman–Crippen LogP) is 1.66. The second-order valence-corrected chi connectivity index (χ2v) is 5.68. The van der Waals surface area contributed by atoms with Crippen LogP contribution in [-0.2, 0) is 6.54 Å². The highest BCUT2D eigenvalue weighted by Gasteiger charge is 2.24. The zero-order chi connectivity index (χ0) is 14.0. The molecule has 2 rings (SSSR count). The van der Waals surface area contributed by atoms with Gasteiger partial charge in [0.25, 0.3) is 0 Å². The largest absolute Gasteiger partial charge is 0.393 e. The Bertz CT molecular complexity index is 481. The molecule has 1 aliphatic rings. The Kier molecular flexibility index (Phi) is 4.50. The molecule has 104 valence electrons. The van der Waals surface area contributed by atoms with E-state index in [4.69, 9.17) is 18.0 Å². The van der Waals surface area contributed by atoms with Crippen LogP contribution in [0.4, 0.5) is 4.39 Å². The molecule has 0 aromatic heterocycles. The second-order valence-electron chi connectivity index (χ2n) is 5.24. The number of halogens is 1. The van der Waals surface area contributed by atoms with E-state index in [2.05, 4.69) is 4.90 Å². The van der Waals surface area contributed by atoms with Crippen molar-refractivity contribution in [2.24, 2.45) is 11.7 Å². The van der Waals surface area contributed by atoms with Crippen molar-refractivity contribution in [3.05, 3.63) is 35.1 Å². The molecule has 2 unspecified atom stereocenters. The third kappa shape index (κ3) is 3.49. The van der Waals surface area contributed by atoms with E-state index in [1.54, 1.807) is 12.1 Å². The summed E-state index contributed by atoms with van der Waals surface area (Å²) < 4.78 is 13.9. The quantitative estimate of drug-likeness (QED) is 0.828. The number of benzene rings is 1. The molecular formula is C14H19FN2OS. The van der Waals surface area contributed by atoms with Crippen molar-refractivity contribution in [2.75, 3.05) is 13.1 Å². The van der Waals surface area contributed by atoms with Crippen molar-refractivity contribution in [1.29, 1.82) is 0 Å². The summed E-state index contributed by atoms with van der Waals surface area (Å²) >= 11 is 4.83. The fourth-order valence-corrected chi connectivity index (χ4v) is 2.56. The van der Waals surface area contributed by atoms with Gasteiger partial charge >= 0.3 is 0 Å². The van der Waals surface area contributed by atoms with Crippen LogP contribution in [0.5, 0.6) is 0 Å². The van der Waals surface area contributed by atoms with E-state index in [1.165, 1.54) is 6.07 Å². The van der Waals surface area contributed by atoms with Crippen molar-refractivity contribution in [3.63, 3.8) is 0 Å². The molecule has 0 aliphatic carbocycles. The van der Waals surface area contributed by atoms with Gasteiger partial charge in [-0.25, -0.2) is 4.39 Å². The zero-order valence-corrected chi connectivity index (χ0v) is 11.8. The highest BCUT2D eigenvalue weighted by molar-refractivity contribution is 7.80. The monoisotopic (exact) mass is 282 g/mol. The van der Waals surface area contributed by atoms with E-state index in [1.807, 2.05) is 6.92 Å². The molecule has 2 atom stereocenters. The summed E-state index contributed by atoms with van der Waals surface area (Å²) in [6, 6.07) is 4.88. The van der Waals surface area contributed by atoms with Gasteiger partial charge in [0.05, 0.1) is 6.10 Å². The Morgan fingerprint density at radius 3 is 2.89 bits per heavy atom. The molecule has 1 aliphatic heterocycles. The number of aliphatic hydroxyl groups excluding tert-OH is 1. The maximum absolute atomic E-state index is 13.9. The molecule has 1 saturated heterocycles. The smallest absolute Gasteiger partial charge is 0.128 e. The Morgan fingerprint density at radius 1 is 1.58 bits per heavy atom. The molecule has 1 heterocycles. The Hall–Kier alpha value is -1.04. The van der Waals surface area contributed by atoms with Gasteiger partial charge in [0.1, 0.15) is 10.8 Å². The first-order chi connectivity index (χ1) is 8.97. The molecule has 1 aromatic rings. The summed E-state index contributed by atoms with van der Waals surface area (Å²) in [6.45, 7) is 4.16. The molecule has 0 radical (unpaired) electrons. The molecule has 0 spiro atoms. The first-order valence-electron chi connectivity index (χ1n) is 6.46. The summed E-state index contributed by atoms with van der Waals surface area (Å²) in [6.07, 6.45) is 0.506. The number of hydrogen-bond acceptors (Lipinski definition) is 3. The number of likely N-dealkylation sites (tertiary alicyclic amines) is 1. The van der Waals surface area contributed by atoms with Crippen LogP contribution in [-0.4, -0.2) is 34.2 Å². The van der Waals surface area contributed by atoms with Gasteiger partial charge in [-0.1, -0.05) is 31.3 Å². The number of hydrogen-bond donors (Lipinski definition) is 2. The van der Waals surface area contributed by atoms with Crippen molar-refractivity contribution in [2.45, 2.75) is 26.0 Å². The van der Waals surface area contributed by atoms with E-state index >= 15 is 0 Å². The average Bonchev–Trinajstić information content (AvgIpc) is 2.36. The van der Waals surface area contributed by atoms with E-state index < -0.39 is 0 Å². The Labute approximate surface area is 118 Å². The molecule has 1 fully saturated rings. The van der Waals surface area contributed by atoms with Gasteiger partial charge in [0, 0.05) is 30.8 Å². The van der Waals surface area contributed by atoms with Crippen LogP contribution >= 0.6 is 12.2 Å². The average molecular weight is 282 g/mol. The van der Waals surface area contributed by atoms with Gasteiger partial charge in [-0.05, 0) is 18.4 Å². The highest BCUT2D eigenvalue weighted by Crippen LogP contribution is 2.20. The summed E-state index contributed by atoms with van der Waals surface area (Å²) in [5, 5.41) is 9.68. The first kappa shape index (κ1) is 14.4. The van der Waals surface area contributed by atoms with Crippen LogP contribution in [0.25, 0.3) is 0 Å². The van der Waals surface area contributed by atoms with Crippen molar-refractivity contribution >= 4 is 17.2 Å². The summed E-state index contributed by atoms with van der Waals surface area (Å²) in [7, 11) is 0. The fraction of sp³-hybridized carbons (Fsp3) is 0.500. The van der Waals surface area contributed by atoms with Gasteiger partial charge in [-0.3, -0.25) is 4.90 Å². The lowest BCUT2D eigenvalue weighted by atomic mass is 9.96. The zero-order valence-electron chi connectivity index (χ0n) is 11.0. The molecular weight excluding hydrogens is 263 g/mol. The highest BCUT2D eigenvalue weighted by atomic mass is 32.1. The second kappa shape index (κ2) is 5.94. The van der Waals surface area contributed by atoms with Crippen LogP contribution in [0.2, 0.25) is 0 Å². The third-order valence-corrected chi connectivity index (χ3v) is 3.91. The maximum Gasteiger partial charge on any atom is 0.128 e. The number of piperidine rings is 1. The van der Waals surface area contributed by atoms with Gasteiger partial charge in [0.2, 0.25) is 0 Å². The van der Waals surface area contributed by atoms with Gasteiger partial charge < -0.3 is 10.8 Å². The van der Waals surface area contributed by atoms with Gasteiger partial charge in [0.15, 0.2) is 0 Å². The Morgan fingerprint density at radius 2 is 2.32 bits per heavy atom. The van der Waals surface area contributed by atoms with Crippen LogP contribution < -0.4 is 5.73 Å². The fourth-order valence-electron chi connectivity index (χ4n) is 2.43. The first-order valence-corrected chi connectivity index (χ1v) is 6.87. The molecule has 3 N–H and O–H groups in total. The maximum atomic E-state index is 13.9. The third-order valence-electron chi connectivity index (χ3n) is 3.68. The number of thiocarbonyl (C=S) groups is 1. The number of nitrogens with zero attached hydrogens (tertiary/aromatic N) is 1. The van der Waals surface area contributed by atoms with E-state index in [9.17, 15) is 9.50 Å². The topological polar surface area (TPSA) is 49.5 Å². The molecule has 0 bridgehead atoms. The van der Waals surface area contributed by atoms with E-state index in [0.29, 0.717) is 17.7 Å². The minimum atomic E-state index is -0.274. The van der Waals surface area contributed by atoms with Crippen molar-refractivity contribution < 1.29 is 9.50 Å². The lowest BCUT2D eigenvalue weighted by Crippen LogP contribution is -2.41. The van der Waals surface area contributed by atoms with Crippen LogP contribution in [0.3, 0.4) is 0 Å². The molecule has 19 heavy (non-hydrogen) atoms. The number of nitrogens with two attached hydrogens (primary N) is 1. The predicted molar refractivity (Wildman–Crippen MR) is 77.4 cm³/mol. The lowest BCUT2D eigenvalue weighted by molar-refractivity contribution is 0.0316. The summed E-state index contributed by atoms with van der Waals surface area (Å²) in [4.78, 5) is 2.37. The molecule has 1 aromatic carbocycles. The van der Waals surface area contributed by atoms with Gasteiger partial charge in [-0.15, -0.1) is 0 Å². The van der Waals surface area contributed by atoms with E-state index in [0.717, 1.165) is 19.5 Å². The van der Waals surface area contributed by atoms with Crippen molar-refractivity contribution in [1.82, 2.24) is 4.90 Å². The van der Waals surface area contributed by atoms with Crippen molar-refractivity contribution in [3.8, 4) is 0 Å². The standard InChI is InChI=1S/C14H19FN2OS/c1-9-7-17(5-4-13(9)18)8-11-3-2-10(14(16)19)6-12(11)15/h2-3,6,9,13,18H,4-5,7-8H2,1H3,(H2,16,19). The lowest BCUT2D eigenvalue weighted by Gasteiger charge is -2.34. The minimum absolute atomic E-state index is 0.208. The number of rotatable bonds is 3. The van der Waals surface area contributed by atoms with Crippen LogP contribution in [0.15, 0.2) is 18.2 Å².